The lowest BCUT2D eigenvalue weighted by Crippen LogP contribution is -2.48. The summed E-state index contributed by atoms with van der Waals surface area (Å²) in [6, 6.07) is 0. The summed E-state index contributed by atoms with van der Waals surface area (Å²) in [5, 5.41) is -0.949. The summed E-state index contributed by atoms with van der Waals surface area (Å²) < 4.78 is 167. The van der Waals surface area contributed by atoms with Crippen molar-refractivity contribution in [3.63, 3.8) is 0 Å². The van der Waals surface area contributed by atoms with Crippen LogP contribution in [0.4, 0.5) is 0 Å². The summed E-state index contributed by atoms with van der Waals surface area (Å²) >= 11 is 31.7. The van der Waals surface area contributed by atoms with Gasteiger partial charge in [0.05, 0.1) is 137 Å². The van der Waals surface area contributed by atoms with Crippen LogP contribution < -0.4 is 0 Å². The first-order valence-corrected chi connectivity index (χ1v) is 53.6. The van der Waals surface area contributed by atoms with Gasteiger partial charge in [-0.2, -0.15) is 118 Å². The number of phosphoric acid groups is 1. The number of hydrogen-bond donors (Lipinski definition) is 8. The van der Waals surface area contributed by atoms with Crippen LogP contribution in [0.3, 0.4) is 0 Å². The van der Waals surface area contributed by atoms with E-state index in [1.54, 1.807) is 0 Å². The normalized spacial score (nSPS) is 40.5. The third kappa shape index (κ3) is 22.6. The number of cyclic esters (lactones) is 1. The molecule has 32 unspecified atom stereocenters. The monoisotopic (exact) mass is 2070 g/mol. The molecule has 0 aromatic carbocycles. The molecule has 23 aliphatic rings. The van der Waals surface area contributed by atoms with Crippen LogP contribution in [0, 0.1) is 82.3 Å². The lowest BCUT2D eigenvalue weighted by molar-refractivity contribution is -0.172. The molecule has 0 amide bonds. The molecule has 15 saturated heterocycles. The lowest BCUT2D eigenvalue weighted by Gasteiger charge is -2.43. The predicted octanol–water partition coefficient (Wildman–Crippen LogP) is 3.54. The molecular weight excluding hydrogens is 1960 g/mol. The zero-order valence-electron chi connectivity index (χ0n) is 71.5. The standard InChI is InChI=1S/C13H16O6S.C13H18O4S.C11H14O4S.C10H14O5S2.C10H12O5S.C9H12O6S2.C8H13O6PS.C7H10O4S/c1-17-12(15)8-5-4-6-9(8)13(16)19-11(6)10(5)18-7(14)2-3-20;14-11(1-2-18)17-12-8-3-7-4-9(6-8)13(15)16-10(12)5-7;12-8(1-2-16)14-9-5-3-6-7(4-5)11(13)15-10(6)9;11-8(1-2-16)14-9-5-3-6-7(4-5)17(12,13)15-10(6)9;11-6(1-2-16)14-8-5-3-4-7(13-5)9(8)15-10(4)12;10-6(1-2-16)14-7-4-3-5-8(13-4)9(7)15-17(5,11)12;9-7(1-2-16)11-3-8-4-12-15(10,13-5-8)14-6-8;8-6(2-4-12)11-5-1-3-10-7(5)9/h5-6,8-11,20H,2-4H2,1H3;7-10,12,18H,1-6H2;5-7,9-10,16H,1-4H2;5-7,9-10,16H,1-4H2;4-5,7-9,16H,1-3H2;4-5,7-9,16H,1-3H2;16H,1-6H2;5,12H,1-4H2. The van der Waals surface area contributed by atoms with Crippen molar-refractivity contribution in [1.29, 1.82) is 0 Å². The Kier molecular flexibility index (Phi) is 34.7. The molecule has 15 aliphatic heterocycles. The summed E-state index contributed by atoms with van der Waals surface area (Å²) in [6.07, 6.45) is 4.55. The Bertz CT molecular complexity index is 4430. The van der Waals surface area contributed by atoms with Crippen LogP contribution in [-0.4, -0.2) is 301 Å². The summed E-state index contributed by atoms with van der Waals surface area (Å²) in [5.74, 6) is -0.193. The molecule has 16 bridgehead atoms. The van der Waals surface area contributed by atoms with E-state index < -0.39 is 123 Å². The first kappa shape index (κ1) is 103. The molecule has 15 heterocycles. The largest absolute Gasteiger partial charge is 0.474 e. The summed E-state index contributed by atoms with van der Waals surface area (Å²) in [4.78, 5) is 160. The number of ether oxygens (including phenoxy) is 16. The first-order valence-electron chi connectivity index (χ1n) is 44.2. The van der Waals surface area contributed by atoms with E-state index in [1.165, 1.54) is 7.11 Å². The minimum atomic E-state index is -3.54. The first-order chi connectivity index (χ1) is 63.0. The van der Waals surface area contributed by atoms with Crippen LogP contribution in [0.2, 0.25) is 0 Å². The Balaban J connectivity index is 0.000000122. The molecule has 8 saturated carbocycles. The van der Waals surface area contributed by atoms with Crippen LogP contribution in [0.1, 0.15) is 128 Å². The third-order valence-electron chi connectivity index (χ3n) is 27.7. The minimum Gasteiger partial charge on any atom is -0.469 e. The van der Waals surface area contributed by atoms with Crippen molar-refractivity contribution >= 4 is 213 Å². The Hall–Kier alpha value is -4.77. The number of hydrogen-bond acceptors (Lipinski definition) is 48. The van der Waals surface area contributed by atoms with Gasteiger partial charge < -0.3 is 75.8 Å². The molecular formula is C81H109O40PS10. The van der Waals surface area contributed by atoms with Crippen LogP contribution >= 0.6 is 109 Å². The van der Waals surface area contributed by atoms with Crippen LogP contribution in [0.15, 0.2) is 0 Å². The fraction of sp³-hybridized carbons (Fsp3) is 0.827. The van der Waals surface area contributed by atoms with Crippen LogP contribution in [0.5, 0.6) is 0 Å². The van der Waals surface area contributed by atoms with E-state index in [-0.39, 0.29) is 226 Å². The highest BCUT2D eigenvalue weighted by Crippen LogP contribution is 2.62. The molecule has 0 N–H and O–H groups in total. The van der Waals surface area contributed by atoms with Crippen molar-refractivity contribution in [3.8, 4) is 0 Å². The maximum Gasteiger partial charge on any atom is 0.474 e. The highest BCUT2D eigenvalue weighted by molar-refractivity contribution is 7.88. The molecule has 23 fully saturated rings. The predicted molar refractivity (Wildman–Crippen MR) is 472 cm³/mol. The van der Waals surface area contributed by atoms with Crippen molar-refractivity contribution in [2.45, 2.75) is 243 Å². The zero-order valence-corrected chi connectivity index (χ0v) is 81.2. The van der Waals surface area contributed by atoms with Gasteiger partial charge in [-0.25, -0.2) is 9.36 Å². The molecule has 51 heteroatoms. The van der Waals surface area contributed by atoms with Crippen molar-refractivity contribution in [2.24, 2.45) is 82.3 Å². The number of thiol groups is 8. The SMILES string of the molecule is COC(=O)C1C2CC3C(OC(=O)C31)C2OC(=O)CCS.O=C(CCS)OC1C2CC3C(=O)OC1C3C2.O=C(CCS)OC1C2CC3C(=O)OC1C3O2.O=C(CCS)OC1C2CC3C(O2)C1OS3(=O)=O.O=C(CCS)OC1C2CC3C1OS(=O)(=O)C3C2.O=C(CCS)OC1C2CC3CC(C2)C(=O)OC1C3.O=C(CCS)OC1CCOC1=O.O=C(CCS)OCC12COP(=O)(OC1)OC2. The van der Waals surface area contributed by atoms with E-state index in [2.05, 4.69) is 106 Å². The second-order valence-corrected chi connectivity index (χ2v) is 44.7. The Morgan fingerprint density at radius 1 is 0.394 bits per heavy atom. The van der Waals surface area contributed by atoms with Gasteiger partial charge in [-0.15, -0.1) is 0 Å². The second-order valence-electron chi connectivity index (χ2n) is 35.9. The maximum atomic E-state index is 11.9. The van der Waals surface area contributed by atoms with Gasteiger partial charge in [0.2, 0.25) is 6.10 Å². The fourth-order valence-electron chi connectivity index (χ4n) is 22.0. The topological polar surface area (TPSA) is 518 Å². The highest BCUT2D eigenvalue weighted by Gasteiger charge is 2.72. The Labute approximate surface area is 804 Å². The number of methoxy groups -OCH3 is 1. The van der Waals surface area contributed by atoms with Gasteiger partial charge in [-0.1, -0.05) is 0 Å². The minimum absolute atomic E-state index is 0.0267. The van der Waals surface area contributed by atoms with Gasteiger partial charge in [0, 0.05) is 93.9 Å². The number of fused-ring (bicyclic) bond motifs is 9. The van der Waals surface area contributed by atoms with Crippen molar-refractivity contribution in [1.82, 2.24) is 0 Å². The number of carbonyl (C=O) groups is 14. The molecule has 0 aromatic rings. The molecule has 738 valence electrons. The van der Waals surface area contributed by atoms with Gasteiger partial charge in [0.15, 0.2) is 18.3 Å². The smallest absolute Gasteiger partial charge is 0.469 e. The van der Waals surface area contributed by atoms with Gasteiger partial charge in [0.25, 0.3) is 20.2 Å². The van der Waals surface area contributed by atoms with E-state index in [9.17, 15) is 88.5 Å². The summed E-state index contributed by atoms with van der Waals surface area (Å²) in [5.41, 5.74) is -0.515. The maximum absolute atomic E-state index is 11.9. The molecule has 132 heavy (non-hydrogen) atoms. The Morgan fingerprint density at radius 2 is 0.864 bits per heavy atom. The lowest BCUT2D eigenvalue weighted by atomic mass is 9.67. The average Bonchev–Trinajstić information content (AvgIpc) is 1.55. The zero-order chi connectivity index (χ0) is 94.7. The van der Waals surface area contributed by atoms with E-state index in [4.69, 9.17) is 93.0 Å². The van der Waals surface area contributed by atoms with Gasteiger partial charge in [-0.3, -0.25) is 84.3 Å². The van der Waals surface area contributed by atoms with Crippen molar-refractivity contribution in [3.05, 3.63) is 0 Å². The summed E-state index contributed by atoms with van der Waals surface area (Å²) in [7, 11) is -8.95. The van der Waals surface area contributed by atoms with E-state index in [1.807, 2.05) is 0 Å². The molecule has 23 rings (SSSR count). The molecule has 32 atom stereocenters. The Morgan fingerprint density at radius 3 is 1.44 bits per heavy atom. The van der Waals surface area contributed by atoms with E-state index in [0.29, 0.717) is 121 Å². The number of phosphoric ester groups is 1. The fourth-order valence-corrected chi connectivity index (χ4v) is 28.5. The summed E-state index contributed by atoms with van der Waals surface area (Å²) in [6.45, 7) is 1.20. The van der Waals surface area contributed by atoms with Gasteiger partial charge >= 0.3 is 91.4 Å². The second kappa shape index (κ2) is 44.4. The van der Waals surface area contributed by atoms with Gasteiger partial charge in [-0.05, 0) is 76.5 Å². The van der Waals surface area contributed by atoms with Crippen LogP contribution in [-0.2, 0) is 190 Å². The molecule has 8 aliphatic carbocycles. The van der Waals surface area contributed by atoms with Crippen molar-refractivity contribution in [2.75, 3.05) is 86.2 Å². The van der Waals surface area contributed by atoms with Crippen molar-refractivity contribution < 1.29 is 186 Å². The average molecular weight is 2070 g/mol. The number of carbonyl (C=O) groups excluding carboxylic acids is 14. The van der Waals surface area contributed by atoms with E-state index in [0.717, 1.165) is 44.9 Å². The number of esters is 14. The molecule has 0 aromatic heterocycles. The van der Waals surface area contributed by atoms with Gasteiger partial charge in [0.1, 0.15) is 79.0 Å². The molecule has 0 radical (unpaired) electrons. The quantitative estimate of drug-likeness (QED) is 0.0202. The third-order valence-corrected chi connectivity index (χ3v) is 34.3. The molecule has 0 spiro atoms. The van der Waals surface area contributed by atoms with Crippen LogP contribution in [0.25, 0.3) is 0 Å². The van der Waals surface area contributed by atoms with E-state index >= 15 is 0 Å². The number of rotatable bonds is 26. The highest BCUT2D eigenvalue weighted by atomic mass is 32.2. The molecule has 40 nitrogen and oxygen atoms in total.